The second kappa shape index (κ2) is 9.98. The highest BCUT2D eigenvalue weighted by atomic mass is 16.6. The fourth-order valence-corrected chi connectivity index (χ4v) is 2.40. The minimum atomic E-state index is -0.921. The van der Waals surface area contributed by atoms with Gasteiger partial charge in [0, 0.05) is 23.4 Å². The summed E-state index contributed by atoms with van der Waals surface area (Å²) < 4.78 is 5.02. The van der Waals surface area contributed by atoms with Crippen molar-refractivity contribution >= 4 is 29.2 Å². The van der Waals surface area contributed by atoms with E-state index < -0.39 is 35.4 Å². The Hall–Kier alpha value is -3.75. The predicted molar refractivity (Wildman–Crippen MR) is 105 cm³/mol. The van der Waals surface area contributed by atoms with Crippen LogP contribution in [0, 0.1) is 16.0 Å². The molecule has 0 fully saturated rings. The Morgan fingerprint density at radius 3 is 2.21 bits per heavy atom. The summed E-state index contributed by atoms with van der Waals surface area (Å²) in [5.41, 5.74) is 0.625. The minimum Gasteiger partial charge on any atom is -0.454 e. The van der Waals surface area contributed by atoms with Crippen LogP contribution in [-0.4, -0.2) is 35.4 Å². The number of hydrogen-bond donors (Lipinski definition) is 2. The number of anilines is 1. The lowest BCUT2D eigenvalue weighted by atomic mass is 10.0. The van der Waals surface area contributed by atoms with Crippen LogP contribution in [0.3, 0.4) is 0 Å². The zero-order valence-electron chi connectivity index (χ0n) is 16.0. The molecule has 9 nitrogen and oxygen atoms in total. The summed E-state index contributed by atoms with van der Waals surface area (Å²) in [7, 11) is 0. The number of non-ortho nitro benzene ring substituents is 1. The molecule has 2 N–H and O–H groups in total. The monoisotopic (exact) mass is 399 g/mol. The molecule has 0 aliphatic carbocycles. The summed E-state index contributed by atoms with van der Waals surface area (Å²) in [5.74, 6) is -2.02. The third-order valence-electron chi connectivity index (χ3n) is 3.95. The van der Waals surface area contributed by atoms with E-state index in [-0.39, 0.29) is 11.6 Å². The molecule has 2 rings (SSSR count). The molecule has 1 atom stereocenters. The Balaban J connectivity index is 1.89. The van der Waals surface area contributed by atoms with Crippen LogP contribution in [0.4, 0.5) is 11.4 Å². The molecular formula is C20H21N3O6. The van der Waals surface area contributed by atoms with Crippen LogP contribution in [0.1, 0.15) is 24.2 Å². The van der Waals surface area contributed by atoms with Gasteiger partial charge in [0.25, 0.3) is 17.5 Å². The van der Waals surface area contributed by atoms with E-state index in [1.165, 1.54) is 24.3 Å². The molecule has 0 spiro atoms. The van der Waals surface area contributed by atoms with Crippen molar-refractivity contribution in [2.75, 3.05) is 11.9 Å². The van der Waals surface area contributed by atoms with Crippen molar-refractivity contribution in [3.63, 3.8) is 0 Å². The fraction of sp³-hybridized carbons (Fsp3) is 0.250. The molecule has 0 aliphatic rings. The Morgan fingerprint density at radius 2 is 1.66 bits per heavy atom. The van der Waals surface area contributed by atoms with E-state index in [1.54, 1.807) is 44.2 Å². The largest absolute Gasteiger partial charge is 0.454 e. The van der Waals surface area contributed by atoms with Crippen molar-refractivity contribution in [3.05, 3.63) is 70.3 Å². The van der Waals surface area contributed by atoms with E-state index in [4.69, 9.17) is 4.74 Å². The number of nitro benzene ring substituents is 1. The van der Waals surface area contributed by atoms with Crippen molar-refractivity contribution in [1.82, 2.24) is 5.32 Å². The molecule has 9 heteroatoms. The lowest BCUT2D eigenvalue weighted by Crippen LogP contribution is -2.45. The van der Waals surface area contributed by atoms with Crippen LogP contribution in [0.2, 0.25) is 0 Å². The first kappa shape index (κ1) is 21.5. The van der Waals surface area contributed by atoms with Crippen molar-refractivity contribution in [3.8, 4) is 0 Å². The summed E-state index contributed by atoms with van der Waals surface area (Å²) in [5, 5.41) is 15.7. The van der Waals surface area contributed by atoms with Gasteiger partial charge in [-0.25, -0.2) is 4.79 Å². The number of benzene rings is 2. The standard InChI is InChI=1S/C20H21N3O6/c1-13(2)18(22-19(25)14-6-4-3-5-7-14)20(26)29-12-17(24)21-15-8-10-16(11-9-15)23(27)28/h3-11,13,18H,12H2,1-2H3,(H,21,24)(H,22,25). The van der Waals surface area contributed by atoms with Crippen molar-refractivity contribution in [2.45, 2.75) is 19.9 Å². The Labute approximate surface area is 167 Å². The topological polar surface area (TPSA) is 128 Å². The summed E-state index contributed by atoms with van der Waals surface area (Å²) >= 11 is 0. The third kappa shape index (κ3) is 6.42. The molecule has 2 aromatic rings. The molecular weight excluding hydrogens is 378 g/mol. The zero-order chi connectivity index (χ0) is 21.4. The Bertz CT molecular complexity index is 881. The second-order valence-electron chi connectivity index (χ2n) is 6.52. The predicted octanol–water partition coefficient (Wildman–Crippen LogP) is 2.53. The Kier molecular flexibility index (Phi) is 7.41. The summed E-state index contributed by atoms with van der Waals surface area (Å²) in [6.07, 6.45) is 0. The third-order valence-corrected chi connectivity index (χ3v) is 3.95. The SMILES string of the molecule is CC(C)C(NC(=O)c1ccccc1)C(=O)OCC(=O)Nc1ccc([N+](=O)[O-])cc1. The van der Waals surface area contributed by atoms with Crippen LogP contribution >= 0.6 is 0 Å². The van der Waals surface area contributed by atoms with Crippen LogP contribution in [-0.2, 0) is 14.3 Å². The lowest BCUT2D eigenvalue weighted by Gasteiger charge is -2.20. The van der Waals surface area contributed by atoms with Gasteiger partial charge in [-0.1, -0.05) is 32.0 Å². The van der Waals surface area contributed by atoms with Crippen LogP contribution in [0.5, 0.6) is 0 Å². The smallest absolute Gasteiger partial charge is 0.329 e. The van der Waals surface area contributed by atoms with Crippen LogP contribution in [0.25, 0.3) is 0 Å². The van der Waals surface area contributed by atoms with E-state index in [0.29, 0.717) is 11.3 Å². The molecule has 2 aromatic carbocycles. The molecule has 29 heavy (non-hydrogen) atoms. The van der Waals surface area contributed by atoms with E-state index in [2.05, 4.69) is 10.6 Å². The molecule has 0 bridgehead atoms. The molecule has 0 saturated heterocycles. The lowest BCUT2D eigenvalue weighted by molar-refractivity contribution is -0.384. The van der Waals surface area contributed by atoms with Gasteiger partial charge in [0.1, 0.15) is 6.04 Å². The molecule has 0 heterocycles. The van der Waals surface area contributed by atoms with E-state index in [9.17, 15) is 24.5 Å². The average molecular weight is 399 g/mol. The van der Waals surface area contributed by atoms with Gasteiger partial charge in [-0.05, 0) is 30.2 Å². The number of rotatable bonds is 8. The molecule has 2 amide bonds. The molecule has 0 aromatic heterocycles. The van der Waals surface area contributed by atoms with E-state index >= 15 is 0 Å². The minimum absolute atomic E-state index is 0.108. The first-order valence-corrected chi connectivity index (χ1v) is 8.84. The van der Waals surface area contributed by atoms with Gasteiger partial charge in [0.15, 0.2) is 6.61 Å². The summed E-state index contributed by atoms with van der Waals surface area (Å²) in [6.45, 7) is 2.93. The Morgan fingerprint density at radius 1 is 1.03 bits per heavy atom. The van der Waals surface area contributed by atoms with Gasteiger partial charge in [0.2, 0.25) is 0 Å². The van der Waals surface area contributed by atoms with Crippen LogP contribution in [0.15, 0.2) is 54.6 Å². The van der Waals surface area contributed by atoms with Crippen molar-refractivity contribution < 1.29 is 24.0 Å². The summed E-state index contributed by atoms with van der Waals surface area (Å²) in [4.78, 5) is 46.6. The molecule has 0 saturated carbocycles. The van der Waals surface area contributed by atoms with Crippen LogP contribution < -0.4 is 10.6 Å². The van der Waals surface area contributed by atoms with Gasteiger partial charge in [-0.15, -0.1) is 0 Å². The maximum Gasteiger partial charge on any atom is 0.329 e. The average Bonchev–Trinajstić information content (AvgIpc) is 2.70. The molecule has 0 radical (unpaired) electrons. The maximum atomic E-state index is 12.3. The van der Waals surface area contributed by atoms with Crippen molar-refractivity contribution in [1.29, 1.82) is 0 Å². The number of esters is 1. The number of carbonyl (C=O) groups is 3. The zero-order valence-corrected chi connectivity index (χ0v) is 16.0. The number of amides is 2. The van der Waals surface area contributed by atoms with Crippen molar-refractivity contribution in [2.24, 2.45) is 5.92 Å². The van der Waals surface area contributed by atoms with Gasteiger partial charge >= 0.3 is 5.97 Å². The van der Waals surface area contributed by atoms with Gasteiger partial charge in [0.05, 0.1) is 4.92 Å². The van der Waals surface area contributed by atoms with E-state index in [1.807, 2.05) is 0 Å². The van der Waals surface area contributed by atoms with E-state index in [0.717, 1.165) is 0 Å². The number of nitrogens with zero attached hydrogens (tertiary/aromatic N) is 1. The number of ether oxygens (including phenoxy) is 1. The molecule has 152 valence electrons. The van der Waals surface area contributed by atoms with Gasteiger partial charge in [-0.3, -0.25) is 19.7 Å². The van der Waals surface area contributed by atoms with Gasteiger partial charge in [-0.2, -0.15) is 0 Å². The normalized spacial score (nSPS) is 11.4. The first-order chi connectivity index (χ1) is 13.8. The molecule has 0 aliphatic heterocycles. The molecule has 1 unspecified atom stereocenters. The first-order valence-electron chi connectivity index (χ1n) is 8.84. The number of nitro groups is 1. The number of nitrogens with one attached hydrogen (secondary N) is 2. The quantitative estimate of drug-likeness (QED) is 0.399. The second-order valence-corrected chi connectivity index (χ2v) is 6.52. The highest BCUT2D eigenvalue weighted by Gasteiger charge is 2.26. The maximum absolute atomic E-state index is 12.3. The highest BCUT2D eigenvalue weighted by Crippen LogP contribution is 2.15. The number of hydrogen-bond acceptors (Lipinski definition) is 6. The number of carbonyl (C=O) groups excluding carboxylic acids is 3. The fourth-order valence-electron chi connectivity index (χ4n) is 2.40. The summed E-state index contributed by atoms with van der Waals surface area (Å²) in [6, 6.07) is 12.7. The highest BCUT2D eigenvalue weighted by molar-refractivity contribution is 5.97. The van der Waals surface area contributed by atoms with Gasteiger partial charge < -0.3 is 15.4 Å².